The Morgan fingerprint density at radius 1 is 1.26 bits per heavy atom. The van der Waals surface area contributed by atoms with Crippen molar-refractivity contribution < 1.29 is 4.79 Å². The highest BCUT2D eigenvalue weighted by molar-refractivity contribution is 8.00. The van der Waals surface area contributed by atoms with Crippen LogP contribution in [0.25, 0.3) is 10.2 Å². The van der Waals surface area contributed by atoms with Crippen molar-refractivity contribution in [2.24, 2.45) is 0 Å². The second-order valence-electron chi connectivity index (χ2n) is 7.00. The van der Waals surface area contributed by atoms with Crippen LogP contribution in [0, 0.1) is 13.8 Å². The molecule has 1 fully saturated rings. The maximum Gasteiger partial charge on any atom is 0.233 e. The highest BCUT2D eigenvalue weighted by Gasteiger charge is 2.28. The highest BCUT2D eigenvalue weighted by atomic mass is 32.2. The zero-order valence-corrected chi connectivity index (χ0v) is 17.3. The average molecular weight is 398 g/mol. The Bertz CT molecular complexity index is 955. The lowest BCUT2D eigenvalue weighted by Crippen LogP contribution is -2.37. The number of nitrogens with zero attached hydrogens (tertiary/aromatic N) is 3. The average Bonchev–Trinajstić information content (AvgIpc) is 3.25. The molecular weight excluding hydrogens is 374 g/mol. The predicted octanol–water partition coefficient (Wildman–Crippen LogP) is 4.63. The second kappa shape index (κ2) is 7.98. The number of thioether (sulfide) groups is 1. The molecule has 1 aliphatic rings. The van der Waals surface area contributed by atoms with Crippen molar-refractivity contribution in [2.45, 2.75) is 44.2 Å². The van der Waals surface area contributed by atoms with Gasteiger partial charge in [0.15, 0.2) is 0 Å². The van der Waals surface area contributed by atoms with Crippen molar-refractivity contribution in [1.29, 1.82) is 0 Å². The number of fused-ring (bicyclic) bond motifs is 1. The van der Waals surface area contributed by atoms with Gasteiger partial charge in [-0.2, -0.15) is 0 Å². The summed E-state index contributed by atoms with van der Waals surface area (Å²) in [6, 6.07) is 10.8. The Kier molecular flexibility index (Phi) is 5.45. The lowest BCUT2D eigenvalue weighted by molar-refractivity contribution is -0.129. The van der Waals surface area contributed by atoms with Crippen molar-refractivity contribution in [3.05, 3.63) is 52.7 Å². The maximum absolute atomic E-state index is 12.9. The van der Waals surface area contributed by atoms with Crippen LogP contribution in [0.4, 0.5) is 0 Å². The van der Waals surface area contributed by atoms with E-state index in [2.05, 4.69) is 53.0 Å². The third kappa shape index (κ3) is 3.87. The molecule has 2 aromatic heterocycles. The summed E-state index contributed by atoms with van der Waals surface area (Å²) >= 11 is 3.24. The molecule has 27 heavy (non-hydrogen) atoms. The fraction of sp³-hybridized carbons (Fsp3) is 0.381. The van der Waals surface area contributed by atoms with Gasteiger partial charge >= 0.3 is 0 Å². The Morgan fingerprint density at radius 2 is 2.07 bits per heavy atom. The van der Waals surface area contributed by atoms with E-state index in [0.717, 1.165) is 41.0 Å². The van der Waals surface area contributed by atoms with Gasteiger partial charge in [-0.1, -0.05) is 42.1 Å². The van der Waals surface area contributed by atoms with Crippen LogP contribution in [-0.4, -0.2) is 39.1 Å². The first-order valence-electron chi connectivity index (χ1n) is 9.30. The number of hydrogen-bond donors (Lipinski definition) is 0. The monoisotopic (exact) mass is 397 g/mol. The van der Waals surface area contributed by atoms with Crippen molar-refractivity contribution >= 4 is 39.2 Å². The van der Waals surface area contributed by atoms with Gasteiger partial charge in [-0.25, -0.2) is 9.97 Å². The zero-order chi connectivity index (χ0) is 18.8. The topological polar surface area (TPSA) is 46.1 Å². The van der Waals surface area contributed by atoms with Crippen LogP contribution in [0.2, 0.25) is 0 Å². The molecule has 1 saturated heterocycles. The second-order valence-corrected chi connectivity index (χ2v) is 9.17. The molecule has 0 aliphatic carbocycles. The number of amides is 1. The largest absolute Gasteiger partial charge is 0.339 e. The Hall–Kier alpha value is -1.92. The summed E-state index contributed by atoms with van der Waals surface area (Å²) in [7, 11) is 0. The number of aryl methyl sites for hydroxylation is 2. The minimum absolute atomic E-state index is 0.217. The van der Waals surface area contributed by atoms with E-state index in [1.165, 1.54) is 16.0 Å². The summed E-state index contributed by atoms with van der Waals surface area (Å²) in [6.07, 6.45) is 4.73. The maximum atomic E-state index is 12.9. The number of carbonyl (C=O) groups excluding carboxylic acids is 1. The summed E-state index contributed by atoms with van der Waals surface area (Å²) in [5.41, 5.74) is 2.53. The molecule has 6 heteroatoms. The van der Waals surface area contributed by atoms with Crippen LogP contribution in [0.15, 0.2) is 41.7 Å². The fourth-order valence-electron chi connectivity index (χ4n) is 3.73. The van der Waals surface area contributed by atoms with Gasteiger partial charge in [-0.05, 0) is 44.2 Å². The molecule has 0 saturated carbocycles. The molecule has 4 nitrogen and oxygen atoms in total. The number of benzene rings is 1. The Labute approximate surface area is 168 Å². The first-order valence-corrected chi connectivity index (χ1v) is 11.1. The standard InChI is InChI=1S/C21H23N3OS2/c1-14-15(2)27-21-19(14)20(22-13-23-21)26-12-18(25)24-10-6-9-17(24)11-16-7-4-3-5-8-16/h3-5,7-8,13,17H,6,9-12H2,1-2H3. The minimum Gasteiger partial charge on any atom is -0.339 e. The molecule has 1 aliphatic heterocycles. The van der Waals surface area contributed by atoms with E-state index in [1.54, 1.807) is 29.4 Å². The summed E-state index contributed by atoms with van der Waals surface area (Å²) < 4.78 is 0. The molecule has 1 aromatic carbocycles. The first-order chi connectivity index (χ1) is 13.1. The van der Waals surface area contributed by atoms with Crippen molar-refractivity contribution in [1.82, 2.24) is 14.9 Å². The van der Waals surface area contributed by atoms with Crippen molar-refractivity contribution in [3.8, 4) is 0 Å². The van der Waals surface area contributed by atoms with Gasteiger partial charge in [-0.3, -0.25) is 4.79 Å². The molecule has 0 bridgehead atoms. The van der Waals surface area contributed by atoms with Crippen LogP contribution in [0.3, 0.4) is 0 Å². The first kappa shape index (κ1) is 18.4. The third-order valence-electron chi connectivity index (χ3n) is 5.27. The fourth-order valence-corrected chi connectivity index (χ4v) is 5.74. The van der Waals surface area contributed by atoms with Crippen molar-refractivity contribution in [2.75, 3.05) is 12.3 Å². The summed E-state index contributed by atoms with van der Waals surface area (Å²) in [5.74, 6) is 0.654. The molecule has 140 valence electrons. The number of rotatable bonds is 5. The summed E-state index contributed by atoms with van der Waals surface area (Å²) in [4.78, 5) is 26.1. The van der Waals surface area contributed by atoms with Gasteiger partial charge in [0.05, 0.1) is 5.75 Å². The SMILES string of the molecule is Cc1sc2ncnc(SCC(=O)N3CCCC3Cc3ccccc3)c2c1C. The van der Waals surface area contributed by atoms with E-state index in [0.29, 0.717) is 11.8 Å². The number of carbonyl (C=O) groups is 1. The highest BCUT2D eigenvalue weighted by Crippen LogP contribution is 2.34. The number of aromatic nitrogens is 2. The van der Waals surface area contributed by atoms with Gasteiger partial charge in [-0.15, -0.1) is 11.3 Å². The van der Waals surface area contributed by atoms with E-state index in [4.69, 9.17) is 0 Å². The van der Waals surface area contributed by atoms with Crippen molar-refractivity contribution in [3.63, 3.8) is 0 Å². The summed E-state index contributed by atoms with van der Waals surface area (Å²) in [5, 5.41) is 2.04. The Morgan fingerprint density at radius 3 is 2.89 bits per heavy atom. The predicted molar refractivity (Wildman–Crippen MR) is 112 cm³/mol. The van der Waals surface area contributed by atoms with Gasteiger partial charge < -0.3 is 4.90 Å². The molecule has 3 aromatic rings. The van der Waals surface area contributed by atoms with Gasteiger partial charge in [0.1, 0.15) is 16.2 Å². The van der Waals surface area contributed by atoms with E-state index in [-0.39, 0.29) is 5.91 Å². The molecule has 0 spiro atoms. The third-order valence-corrected chi connectivity index (χ3v) is 7.36. The van der Waals surface area contributed by atoms with Gasteiger partial charge in [0, 0.05) is 22.8 Å². The molecule has 1 atom stereocenters. The molecule has 0 N–H and O–H groups in total. The molecule has 1 amide bonds. The van der Waals surface area contributed by atoms with Gasteiger partial charge in [0.25, 0.3) is 0 Å². The lowest BCUT2D eigenvalue weighted by Gasteiger charge is -2.24. The minimum atomic E-state index is 0.217. The summed E-state index contributed by atoms with van der Waals surface area (Å²) in [6.45, 7) is 5.09. The number of hydrogen-bond acceptors (Lipinski definition) is 5. The normalized spacial score (nSPS) is 17.0. The van der Waals surface area contributed by atoms with Crippen LogP contribution in [0.1, 0.15) is 28.8 Å². The Balaban J connectivity index is 1.45. The molecule has 3 heterocycles. The van der Waals surface area contributed by atoms with E-state index >= 15 is 0 Å². The molecule has 4 rings (SSSR count). The van der Waals surface area contributed by atoms with Gasteiger partial charge in [0.2, 0.25) is 5.91 Å². The van der Waals surface area contributed by atoms with E-state index < -0.39 is 0 Å². The molecule has 1 unspecified atom stereocenters. The van der Waals surface area contributed by atoms with Crippen LogP contribution in [0.5, 0.6) is 0 Å². The molecular formula is C21H23N3OS2. The van der Waals surface area contributed by atoms with Crippen LogP contribution in [-0.2, 0) is 11.2 Å². The number of thiophene rings is 1. The molecule has 0 radical (unpaired) electrons. The van der Waals surface area contributed by atoms with Crippen LogP contribution >= 0.6 is 23.1 Å². The zero-order valence-electron chi connectivity index (χ0n) is 15.6. The van der Waals surface area contributed by atoms with E-state index in [1.807, 2.05) is 6.07 Å². The van der Waals surface area contributed by atoms with E-state index in [9.17, 15) is 4.79 Å². The van der Waals surface area contributed by atoms with Crippen LogP contribution < -0.4 is 0 Å². The smallest absolute Gasteiger partial charge is 0.233 e. The quantitative estimate of drug-likeness (QED) is 0.465. The lowest BCUT2D eigenvalue weighted by atomic mass is 10.0. The number of likely N-dealkylation sites (tertiary alicyclic amines) is 1.